The average Bonchev–Trinajstić information content (AvgIpc) is 2.75. The fourth-order valence-electron chi connectivity index (χ4n) is 1.86. The Bertz CT molecular complexity index is 604. The highest BCUT2D eigenvalue weighted by molar-refractivity contribution is 5.95. The number of aromatic carboxylic acids is 1. The van der Waals surface area contributed by atoms with Crippen LogP contribution < -0.4 is 11.1 Å². The first-order valence-electron chi connectivity index (χ1n) is 5.93. The number of aryl methyl sites for hydroxylation is 1. The molecule has 5 heteroatoms. The summed E-state index contributed by atoms with van der Waals surface area (Å²) in [5.74, 6) is 0.566. The van der Waals surface area contributed by atoms with E-state index in [1.54, 1.807) is 12.1 Å². The summed E-state index contributed by atoms with van der Waals surface area (Å²) in [5, 5.41) is 12.2. The molecule has 0 saturated carbocycles. The van der Waals surface area contributed by atoms with Gasteiger partial charge in [0.1, 0.15) is 11.5 Å². The maximum atomic E-state index is 11.2. The van der Waals surface area contributed by atoms with Crippen LogP contribution in [-0.2, 0) is 0 Å². The van der Waals surface area contributed by atoms with Crippen molar-refractivity contribution >= 4 is 17.3 Å². The lowest BCUT2D eigenvalue weighted by molar-refractivity contribution is 0.0698. The number of nitrogen functional groups attached to an aromatic ring is 1. The Labute approximate surface area is 111 Å². The number of carbonyl (C=O) groups is 1. The van der Waals surface area contributed by atoms with Gasteiger partial charge in [0.05, 0.1) is 17.3 Å². The molecule has 5 nitrogen and oxygen atoms in total. The highest BCUT2D eigenvalue weighted by atomic mass is 16.4. The minimum atomic E-state index is -0.995. The van der Waals surface area contributed by atoms with Crippen LogP contribution in [0.15, 0.2) is 34.7 Å². The second-order valence-corrected chi connectivity index (χ2v) is 4.42. The first-order chi connectivity index (χ1) is 8.97. The van der Waals surface area contributed by atoms with E-state index in [2.05, 4.69) is 5.32 Å². The molecule has 0 saturated heterocycles. The molecular weight excluding hydrogens is 244 g/mol. The van der Waals surface area contributed by atoms with E-state index >= 15 is 0 Å². The van der Waals surface area contributed by atoms with Crippen LogP contribution in [0.3, 0.4) is 0 Å². The van der Waals surface area contributed by atoms with E-state index in [9.17, 15) is 4.79 Å². The number of rotatable bonds is 4. The van der Waals surface area contributed by atoms with Crippen molar-refractivity contribution in [3.63, 3.8) is 0 Å². The summed E-state index contributed by atoms with van der Waals surface area (Å²) < 4.78 is 5.51. The lowest BCUT2D eigenvalue weighted by Crippen LogP contribution is -2.10. The Morgan fingerprint density at radius 3 is 2.68 bits per heavy atom. The lowest BCUT2D eigenvalue weighted by atomic mass is 10.1. The number of nitrogens with one attached hydrogen (secondary N) is 1. The normalized spacial score (nSPS) is 12.1. The van der Waals surface area contributed by atoms with Gasteiger partial charge in [-0.05, 0) is 44.2 Å². The molecule has 1 atom stereocenters. The zero-order valence-electron chi connectivity index (χ0n) is 10.8. The maximum absolute atomic E-state index is 11.2. The molecule has 0 aliphatic heterocycles. The SMILES string of the molecule is Cc1ccc(C(C)Nc2cc(N)ccc2C(=O)O)o1. The standard InChI is InChI=1S/C14H16N2O3/c1-8-3-6-13(19-8)9(2)16-12-7-10(15)4-5-11(12)14(17)18/h3-7,9,16H,15H2,1-2H3,(H,17,18). The number of benzene rings is 1. The number of anilines is 2. The molecule has 2 rings (SSSR count). The van der Waals surface area contributed by atoms with Crippen LogP contribution in [0.1, 0.15) is 34.8 Å². The minimum Gasteiger partial charge on any atom is -0.478 e. The fraction of sp³-hybridized carbons (Fsp3) is 0.214. The maximum Gasteiger partial charge on any atom is 0.337 e. The van der Waals surface area contributed by atoms with Crippen molar-refractivity contribution in [1.29, 1.82) is 0 Å². The van der Waals surface area contributed by atoms with E-state index in [4.69, 9.17) is 15.3 Å². The van der Waals surface area contributed by atoms with Crippen molar-refractivity contribution in [2.45, 2.75) is 19.9 Å². The largest absolute Gasteiger partial charge is 0.478 e. The zero-order valence-corrected chi connectivity index (χ0v) is 10.8. The number of hydrogen-bond donors (Lipinski definition) is 3. The molecule has 19 heavy (non-hydrogen) atoms. The number of carboxylic acids is 1. The average molecular weight is 260 g/mol. The highest BCUT2D eigenvalue weighted by Crippen LogP contribution is 2.25. The predicted octanol–water partition coefficient (Wildman–Crippen LogP) is 3.04. The fourth-order valence-corrected chi connectivity index (χ4v) is 1.86. The van der Waals surface area contributed by atoms with Crippen LogP contribution in [0.2, 0.25) is 0 Å². The summed E-state index contributed by atoms with van der Waals surface area (Å²) >= 11 is 0. The molecule has 2 aromatic rings. The van der Waals surface area contributed by atoms with Crippen LogP contribution in [-0.4, -0.2) is 11.1 Å². The van der Waals surface area contributed by atoms with E-state index in [1.807, 2.05) is 26.0 Å². The minimum absolute atomic E-state index is 0.145. The summed E-state index contributed by atoms with van der Waals surface area (Å²) in [4.78, 5) is 11.2. The molecule has 4 N–H and O–H groups in total. The zero-order chi connectivity index (χ0) is 14.0. The molecular formula is C14H16N2O3. The molecule has 1 heterocycles. The van der Waals surface area contributed by atoms with Gasteiger partial charge in [0, 0.05) is 5.69 Å². The van der Waals surface area contributed by atoms with Crippen molar-refractivity contribution in [2.75, 3.05) is 11.1 Å². The molecule has 0 amide bonds. The number of nitrogens with two attached hydrogens (primary N) is 1. The molecule has 0 bridgehead atoms. The molecule has 0 radical (unpaired) electrons. The van der Waals surface area contributed by atoms with Crippen molar-refractivity contribution in [3.8, 4) is 0 Å². The van der Waals surface area contributed by atoms with Crippen LogP contribution in [0, 0.1) is 6.92 Å². The smallest absolute Gasteiger partial charge is 0.337 e. The van der Waals surface area contributed by atoms with E-state index in [0.717, 1.165) is 11.5 Å². The molecule has 0 spiro atoms. The van der Waals surface area contributed by atoms with Crippen LogP contribution in [0.4, 0.5) is 11.4 Å². The van der Waals surface area contributed by atoms with Gasteiger partial charge in [0.25, 0.3) is 0 Å². The first-order valence-corrected chi connectivity index (χ1v) is 5.93. The molecule has 100 valence electrons. The Morgan fingerprint density at radius 1 is 1.37 bits per heavy atom. The summed E-state index contributed by atoms with van der Waals surface area (Å²) in [5.41, 5.74) is 6.86. The van der Waals surface area contributed by atoms with Crippen LogP contribution >= 0.6 is 0 Å². The third-order valence-corrected chi connectivity index (χ3v) is 2.83. The van der Waals surface area contributed by atoms with Gasteiger partial charge in [0.2, 0.25) is 0 Å². The van der Waals surface area contributed by atoms with Crippen molar-refractivity contribution in [2.24, 2.45) is 0 Å². The van der Waals surface area contributed by atoms with Crippen LogP contribution in [0.5, 0.6) is 0 Å². The van der Waals surface area contributed by atoms with Gasteiger partial charge in [-0.15, -0.1) is 0 Å². The van der Waals surface area contributed by atoms with E-state index in [-0.39, 0.29) is 11.6 Å². The second kappa shape index (κ2) is 5.06. The van der Waals surface area contributed by atoms with Gasteiger partial charge < -0.3 is 20.6 Å². The van der Waals surface area contributed by atoms with Gasteiger partial charge in [-0.3, -0.25) is 0 Å². The number of hydrogen-bond acceptors (Lipinski definition) is 4. The Morgan fingerprint density at radius 2 is 2.11 bits per heavy atom. The van der Waals surface area contributed by atoms with Gasteiger partial charge >= 0.3 is 5.97 Å². The van der Waals surface area contributed by atoms with E-state index in [0.29, 0.717) is 11.4 Å². The van der Waals surface area contributed by atoms with Gasteiger partial charge in [-0.2, -0.15) is 0 Å². The monoisotopic (exact) mass is 260 g/mol. The van der Waals surface area contributed by atoms with Gasteiger partial charge in [0.15, 0.2) is 0 Å². The predicted molar refractivity (Wildman–Crippen MR) is 73.3 cm³/mol. The number of furan rings is 1. The van der Waals surface area contributed by atoms with Crippen molar-refractivity contribution < 1.29 is 14.3 Å². The third-order valence-electron chi connectivity index (χ3n) is 2.83. The molecule has 0 fully saturated rings. The Kier molecular flexibility index (Phi) is 3.46. The summed E-state index contributed by atoms with van der Waals surface area (Å²) in [6.07, 6.45) is 0. The topological polar surface area (TPSA) is 88.5 Å². The molecule has 0 aliphatic rings. The van der Waals surface area contributed by atoms with E-state index in [1.165, 1.54) is 6.07 Å². The molecule has 1 aromatic carbocycles. The Hall–Kier alpha value is -2.43. The van der Waals surface area contributed by atoms with Crippen molar-refractivity contribution in [1.82, 2.24) is 0 Å². The third kappa shape index (κ3) is 2.88. The highest BCUT2D eigenvalue weighted by Gasteiger charge is 2.15. The van der Waals surface area contributed by atoms with Crippen molar-refractivity contribution in [3.05, 3.63) is 47.4 Å². The van der Waals surface area contributed by atoms with Gasteiger partial charge in [-0.25, -0.2) is 4.79 Å². The first kappa shape index (κ1) is 13.0. The quantitative estimate of drug-likeness (QED) is 0.735. The van der Waals surface area contributed by atoms with Crippen LogP contribution in [0.25, 0.3) is 0 Å². The summed E-state index contributed by atoms with van der Waals surface area (Å²) in [7, 11) is 0. The number of carboxylic acid groups (broad SMARTS) is 1. The van der Waals surface area contributed by atoms with E-state index < -0.39 is 5.97 Å². The second-order valence-electron chi connectivity index (χ2n) is 4.42. The summed E-state index contributed by atoms with van der Waals surface area (Å²) in [6, 6.07) is 8.24. The Balaban J connectivity index is 2.27. The van der Waals surface area contributed by atoms with Gasteiger partial charge in [-0.1, -0.05) is 0 Å². The molecule has 1 aromatic heterocycles. The molecule has 1 unspecified atom stereocenters. The molecule has 0 aliphatic carbocycles. The lowest BCUT2D eigenvalue weighted by Gasteiger charge is -2.15. The summed E-state index contributed by atoms with van der Waals surface area (Å²) in [6.45, 7) is 3.76.